The molecule has 1 spiro atoms. The summed E-state index contributed by atoms with van der Waals surface area (Å²) in [5, 5.41) is 5.93. The van der Waals surface area contributed by atoms with Crippen molar-refractivity contribution < 1.29 is 9.59 Å². The predicted octanol–water partition coefficient (Wildman–Crippen LogP) is 1.26. The summed E-state index contributed by atoms with van der Waals surface area (Å²) in [5.74, 6) is 1.89. The van der Waals surface area contributed by atoms with Crippen LogP contribution in [0.3, 0.4) is 0 Å². The Kier molecular flexibility index (Phi) is 6.09. The van der Waals surface area contributed by atoms with E-state index in [9.17, 15) is 9.59 Å². The molecule has 0 aromatic carbocycles. The van der Waals surface area contributed by atoms with E-state index in [1.807, 2.05) is 0 Å². The fourth-order valence-corrected chi connectivity index (χ4v) is 5.46. The van der Waals surface area contributed by atoms with Crippen LogP contribution in [0.1, 0.15) is 39.0 Å². The van der Waals surface area contributed by atoms with Crippen LogP contribution >= 0.6 is 11.8 Å². The minimum absolute atomic E-state index is 0.106. The Hall–Kier alpha value is -1.44. The molecule has 2 N–H and O–H groups in total. The summed E-state index contributed by atoms with van der Waals surface area (Å²) in [5.41, 5.74) is 0. The van der Waals surface area contributed by atoms with E-state index in [-0.39, 0.29) is 18.5 Å². The van der Waals surface area contributed by atoms with Crippen molar-refractivity contribution in [1.29, 1.82) is 0 Å². The number of hydrogen-bond acceptors (Lipinski definition) is 4. The number of carbonyl (C=O) groups excluding carboxylic acids is 2. The summed E-state index contributed by atoms with van der Waals surface area (Å²) in [6.45, 7) is 5.83. The lowest BCUT2D eigenvalue weighted by Gasteiger charge is -2.45. The van der Waals surface area contributed by atoms with E-state index in [4.69, 9.17) is 4.99 Å². The Morgan fingerprint density at radius 1 is 1.32 bits per heavy atom. The van der Waals surface area contributed by atoms with Crippen LogP contribution in [0.5, 0.6) is 0 Å². The Labute approximate surface area is 154 Å². The summed E-state index contributed by atoms with van der Waals surface area (Å²) >= 11 is 2.14. The molecule has 25 heavy (non-hydrogen) atoms. The van der Waals surface area contributed by atoms with Crippen LogP contribution < -0.4 is 10.6 Å². The van der Waals surface area contributed by atoms with Gasteiger partial charge in [-0.05, 0) is 19.8 Å². The lowest BCUT2D eigenvalue weighted by Crippen LogP contribution is -2.53. The van der Waals surface area contributed by atoms with Crippen LogP contribution in [0.2, 0.25) is 0 Å². The molecule has 0 bridgehead atoms. The Morgan fingerprint density at radius 3 is 2.80 bits per heavy atom. The third kappa shape index (κ3) is 4.40. The van der Waals surface area contributed by atoms with Gasteiger partial charge in [-0.2, -0.15) is 11.8 Å². The number of nitrogens with zero attached hydrogens (tertiary/aromatic N) is 3. The topological polar surface area (TPSA) is 77.0 Å². The number of guanidine groups is 1. The van der Waals surface area contributed by atoms with E-state index in [1.54, 1.807) is 0 Å². The van der Waals surface area contributed by atoms with Crippen LogP contribution in [0, 0.1) is 0 Å². The van der Waals surface area contributed by atoms with Crippen molar-refractivity contribution >= 4 is 29.7 Å². The molecule has 1 aliphatic carbocycles. The smallest absolute Gasteiger partial charge is 0.324 e. The maximum atomic E-state index is 11.7. The highest BCUT2D eigenvalue weighted by Gasteiger charge is 2.38. The van der Waals surface area contributed by atoms with Crippen LogP contribution in [0.15, 0.2) is 4.99 Å². The zero-order chi connectivity index (χ0) is 17.7. The predicted molar refractivity (Wildman–Crippen MR) is 101 cm³/mol. The third-order valence-electron chi connectivity index (χ3n) is 5.17. The Morgan fingerprint density at radius 2 is 2.12 bits per heavy atom. The molecule has 2 heterocycles. The SMILES string of the molecule is CCNC(=NCCN1C(=O)CNC1=O)N1CCSC2(CCCCC2)C1. The number of carbonyl (C=O) groups is 2. The summed E-state index contributed by atoms with van der Waals surface area (Å²) in [6, 6.07) is -0.305. The highest BCUT2D eigenvalue weighted by Crippen LogP contribution is 2.42. The van der Waals surface area contributed by atoms with Crippen LogP contribution in [-0.2, 0) is 4.79 Å². The van der Waals surface area contributed by atoms with Gasteiger partial charge in [0.2, 0.25) is 5.91 Å². The molecule has 0 atom stereocenters. The van der Waals surface area contributed by atoms with E-state index in [0.717, 1.165) is 31.3 Å². The average Bonchev–Trinajstić information content (AvgIpc) is 2.93. The zero-order valence-corrected chi connectivity index (χ0v) is 15.9. The van der Waals surface area contributed by atoms with Gasteiger partial charge in [0.05, 0.1) is 19.6 Å². The molecule has 0 aromatic rings. The number of rotatable bonds is 4. The fraction of sp³-hybridized carbons (Fsp3) is 0.824. The first-order chi connectivity index (χ1) is 12.1. The van der Waals surface area contributed by atoms with Gasteiger partial charge in [0.1, 0.15) is 0 Å². The van der Waals surface area contributed by atoms with Crippen molar-refractivity contribution in [3.63, 3.8) is 0 Å². The van der Waals surface area contributed by atoms with Crippen molar-refractivity contribution in [3.8, 4) is 0 Å². The number of aliphatic imine (C=N–C) groups is 1. The lowest BCUT2D eigenvalue weighted by atomic mass is 9.87. The van der Waals surface area contributed by atoms with E-state index in [2.05, 4.69) is 34.2 Å². The van der Waals surface area contributed by atoms with Crippen molar-refractivity contribution in [3.05, 3.63) is 0 Å². The Bertz CT molecular complexity index is 512. The van der Waals surface area contributed by atoms with Gasteiger partial charge in [0, 0.05) is 30.1 Å². The molecule has 2 saturated heterocycles. The highest BCUT2D eigenvalue weighted by molar-refractivity contribution is 8.00. The van der Waals surface area contributed by atoms with Gasteiger partial charge >= 0.3 is 6.03 Å². The number of urea groups is 1. The van der Waals surface area contributed by atoms with Gasteiger partial charge in [-0.3, -0.25) is 14.7 Å². The molecule has 140 valence electrons. The second-order valence-corrected chi connectivity index (χ2v) is 8.52. The maximum Gasteiger partial charge on any atom is 0.324 e. The molecule has 7 nitrogen and oxygen atoms in total. The first kappa shape index (κ1) is 18.4. The number of amides is 3. The van der Waals surface area contributed by atoms with Gasteiger partial charge in [-0.25, -0.2) is 4.79 Å². The number of nitrogens with one attached hydrogen (secondary N) is 2. The van der Waals surface area contributed by atoms with Gasteiger partial charge < -0.3 is 15.5 Å². The summed E-state index contributed by atoms with van der Waals surface area (Å²) < 4.78 is 0.386. The number of thioether (sulfide) groups is 1. The molecule has 3 rings (SSSR count). The van der Waals surface area contributed by atoms with E-state index >= 15 is 0 Å². The molecule has 3 amide bonds. The molecule has 0 aromatic heterocycles. The van der Waals surface area contributed by atoms with Crippen LogP contribution in [0.25, 0.3) is 0 Å². The van der Waals surface area contributed by atoms with Gasteiger partial charge in [0.15, 0.2) is 5.96 Å². The van der Waals surface area contributed by atoms with E-state index in [1.165, 1.54) is 37.0 Å². The molecule has 0 radical (unpaired) electrons. The molecule has 1 saturated carbocycles. The maximum absolute atomic E-state index is 11.7. The molecule has 3 fully saturated rings. The molecular formula is C17H29N5O2S. The molecular weight excluding hydrogens is 338 g/mol. The minimum atomic E-state index is -0.305. The quantitative estimate of drug-likeness (QED) is 0.444. The van der Waals surface area contributed by atoms with Crippen molar-refractivity contribution in [2.24, 2.45) is 4.99 Å². The van der Waals surface area contributed by atoms with Crippen molar-refractivity contribution in [2.75, 3.05) is 45.0 Å². The lowest BCUT2D eigenvalue weighted by molar-refractivity contribution is -0.124. The first-order valence-electron chi connectivity index (χ1n) is 9.39. The second-order valence-electron chi connectivity index (χ2n) is 6.95. The first-order valence-corrected chi connectivity index (χ1v) is 10.4. The number of hydrogen-bond donors (Lipinski definition) is 2. The van der Waals surface area contributed by atoms with E-state index < -0.39 is 0 Å². The summed E-state index contributed by atoms with van der Waals surface area (Å²) in [7, 11) is 0. The molecule has 2 aliphatic heterocycles. The van der Waals surface area contributed by atoms with Crippen molar-refractivity contribution in [2.45, 2.75) is 43.8 Å². The highest BCUT2D eigenvalue weighted by atomic mass is 32.2. The second kappa shape index (κ2) is 8.29. The van der Waals surface area contributed by atoms with E-state index in [0.29, 0.717) is 17.8 Å². The third-order valence-corrected chi connectivity index (χ3v) is 6.71. The molecule has 3 aliphatic rings. The average molecular weight is 368 g/mol. The fourth-order valence-electron chi connectivity index (χ4n) is 3.89. The summed E-state index contributed by atoms with van der Waals surface area (Å²) in [6.07, 6.45) is 6.63. The van der Waals surface area contributed by atoms with Gasteiger partial charge in [-0.1, -0.05) is 19.3 Å². The van der Waals surface area contributed by atoms with Crippen molar-refractivity contribution in [1.82, 2.24) is 20.4 Å². The Balaban J connectivity index is 1.61. The monoisotopic (exact) mass is 367 g/mol. The molecule has 8 heteroatoms. The normalized spacial score (nSPS) is 24.0. The van der Waals surface area contributed by atoms with Crippen LogP contribution in [0.4, 0.5) is 4.79 Å². The minimum Gasteiger partial charge on any atom is -0.357 e. The summed E-state index contributed by atoms with van der Waals surface area (Å²) in [4.78, 5) is 31.6. The van der Waals surface area contributed by atoms with Gasteiger partial charge in [-0.15, -0.1) is 0 Å². The number of imide groups is 1. The van der Waals surface area contributed by atoms with Gasteiger partial charge in [0.25, 0.3) is 0 Å². The molecule has 0 unspecified atom stereocenters. The largest absolute Gasteiger partial charge is 0.357 e. The van der Waals surface area contributed by atoms with Crippen LogP contribution in [-0.4, -0.2) is 77.5 Å². The zero-order valence-electron chi connectivity index (χ0n) is 15.1. The standard InChI is InChI=1S/C17H29N5O2S/c1-2-18-15(19-8-9-22-14(23)12-20-16(22)24)21-10-11-25-17(13-21)6-4-3-5-7-17/h2-13H2,1H3,(H,18,19)(H,20,24).